The van der Waals surface area contributed by atoms with E-state index in [-0.39, 0.29) is 40.2 Å². The fourth-order valence-corrected chi connectivity index (χ4v) is 4.50. The van der Waals surface area contributed by atoms with Crippen molar-refractivity contribution in [2.45, 2.75) is 45.3 Å². The van der Waals surface area contributed by atoms with E-state index in [1.54, 1.807) is 0 Å². The quantitative estimate of drug-likeness (QED) is 0.350. The van der Waals surface area contributed by atoms with Gasteiger partial charge in [-0.1, -0.05) is 0 Å². The largest absolute Gasteiger partial charge is 0.477 e. The molecule has 1 unspecified atom stereocenters. The van der Waals surface area contributed by atoms with Gasteiger partial charge in [-0.25, -0.2) is 18.4 Å². The summed E-state index contributed by atoms with van der Waals surface area (Å²) in [7, 11) is 0. The lowest BCUT2D eigenvalue weighted by Gasteiger charge is -2.22. The van der Waals surface area contributed by atoms with Gasteiger partial charge < -0.3 is 20.3 Å². The minimum absolute atomic E-state index is 0.0292. The van der Waals surface area contributed by atoms with Crippen molar-refractivity contribution in [3.63, 3.8) is 0 Å². The number of aliphatic hydroxyl groups excluding tert-OH is 1. The molecular formula is C22H28F2N4O5S. The molecular weight excluding hydrogens is 470 g/mol. The molecule has 34 heavy (non-hydrogen) atoms. The number of hydrogen-bond acceptors (Lipinski definition) is 7. The number of carbonyl (C=O) groups excluding carboxylic acids is 1. The number of rotatable bonds is 11. The molecule has 0 radical (unpaired) electrons. The maximum atomic E-state index is 14.0. The fraction of sp³-hybridized carbons (Fsp3) is 0.500. The van der Waals surface area contributed by atoms with Crippen molar-refractivity contribution >= 4 is 28.5 Å². The molecule has 1 aromatic heterocycles. The number of anilines is 1. The molecule has 1 atom stereocenters. The molecule has 1 fully saturated rings. The van der Waals surface area contributed by atoms with Crippen LogP contribution in [0, 0.1) is 18.6 Å². The van der Waals surface area contributed by atoms with Gasteiger partial charge in [0.25, 0.3) is 0 Å². The molecule has 0 spiro atoms. The number of ether oxygens (including phenoxy) is 1. The lowest BCUT2D eigenvalue weighted by Crippen LogP contribution is -2.34. The van der Waals surface area contributed by atoms with Crippen LogP contribution in [0.1, 0.15) is 47.2 Å². The number of hydrogen-bond donors (Lipinski definition) is 4. The molecule has 0 aliphatic carbocycles. The fourth-order valence-electron chi connectivity index (χ4n) is 3.78. The van der Waals surface area contributed by atoms with E-state index < -0.39 is 30.2 Å². The molecule has 1 aromatic carbocycles. The Morgan fingerprint density at radius 3 is 2.82 bits per heavy atom. The second-order valence-electron chi connectivity index (χ2n) is 8.08. The summed E-state index contributed by atoms with van der Waals surface area (Å²) < 4.78 is 36.9. The molecule has 3 rings (SSSR count). The Labute approximate surface area is 199 Å². The van der Waals surface area contributed by atoms with E-state index >= 15 is 0 Å². The van der Waals surface area contributed by atoms with Crippen molar-refractivity contribution in [3.8, 4) is 5.88 Å². The normalized spacial score (nSPS) is 15.9. The molecule has 2 heterocycles. The SMILES string of the molecule is Cc1cc(F)c(COc2nsc(NC(=O)NCCCCN3CCCC3CO)c2C(=O)O)cc1F. The van der Waals surface area contributed by atoms with Crippen LogP contribution >= 0.6 is 11.5 Å². The minimum Gasteiger partial charge on any atom is -0.477 e. The lowest BCUT2D eigenvalue weighted by molar-refractivity contribution is 0.0693. The van der Waals surface area contributed by atoms with Gasteiger partial charge in [-0.2, -0.15) is 4.37 Å². The van der Waals surface area contributed by atoms with E-state index in [9.17, 15) is 28.6 Å². The molecule has 1 aliphatic heterocycles. The summed E-state index contributed by atoms with van der Waals surface area (Å²) in [6.45, 7) is 3.37. The molecule has 1 saturated heterocycles. The van der Waals surface area contributed by atoms with Gasteiger partial charge in [-0.3, -0.25) is 10.2 Å². The number of aromatic carboxylic acids is 1. The average Bonchev–Trinajstić information content (AvgIpc) is 3.41. The highest BCUT2D eigenvalue weighted by atomic mass is 32.1. The van der Waals surface area contributed by atoms with Crippen molar-refractivity contribution in [3.05, 3.63) is 40.5 Å². The number of likely N-dealkylation sites (tertiary alicyclic amines) is 1. The van der Waals surface area contributed by atoms with Crippen LogP contribution in [0.4, 0.5) is 18.6 Å². The molecule has 2 aromatic rings. The van der Waals surface area contributed by atoms with Crippen LogP contribution in [-0.2, 0) is 6.61 Å². The number of halogens is 2. The Balaban J connectivity index is 1.49. The zero-order chi connectivity index (χ0) is 24.7. The van der Waals surface area contributed by atoms with Crippen LogP contribution in [0.2, 0.25) is 0 Å². The van der Waals surface area contributed by atoms with Gasteiger partial charge in [-0.05, 0) is 74.9 Å². The number of urea groups is 1. The Morgan fingerprint density at radius 1 is 1.29 bits per heavy atom. The molecule has 9 nitrogen and oxygen atoms in total. The summed E-state index contributed by atoms with van der Waals surface area (Å²) in [4.78, 5) is 26.1. The first-order valence-electron chi connectivity index (χ1n) is 11.0. The monoisotopic (exact) mass is 498 g/mol. The first-order chi connectivity index (χ1) is 16.3. The van der Waals surface area contributed by atoms with Crippen LogP contribution < -0.4 is 15.4 Å². The summed E-state index contributed by atoms with van der Waals surface area (Å²) in [6, 6.07) is 1.65. The first kappa shape index (κ1) is 25.8. The number of nitrogens with one attached hydrogen (secondary N) is 2. The van der Waals surface area contributed by atoms with Gasteiger partial charge >= 0.3 is 12.0 Å². The minimum atomic E-state index is -1.38. The highest BCUT2D eigenvalue weighted by Gasteiger charge is 2.24. The molecule has 4 N–H and O–H groups in total. The Bertz CT molecular complexity index is 1020. The van der Waals surface area contributed by atoms with Crippen molar-refractivity contribution in [1.82, 2.24) is 14.6 Å². The maximum absolute atomic E-state index is 14.0. The predicted octanol–water partition coefficient (Wildman–Crippen LogP) is 3.37. The molecule has 186 valence electrons. The zero-order valence-corrected chi connectivity index (χ0v) is 19.6. The molecule has 0 bridgehead atoms. The van der Waals surface area contributed by atoms with E-state index in [2.05, 4.69) is 19.9 Å². The van der Waals surface area contributed by atoms with Gasteiger partial charge in [0.05, 0.1) is 6.61 Å². The molecule has 1 aliphatic rings. The number of aryl methyl sites for hydroxylation is 1. The Hall–Kier alpha value is -2.83. The van der Waals surface area contributed by atoms with Gasteiger partial charge in [0.2, 0.25) is 5.88 Å². The summed E-state index contributed by atoms with van der Waals surface area (Å²) in [6.07, 6.45) is 3.66. The van der Waals surface area contributed by atoms with E-state index in [0.29, 0.717) is 18.1 Å². The van der Waals surface area contributed by atoms with Crippen molar-refractivity contribution in [1.29, 1.82) is 0 Å². The Kier molecular flexibility index (Phi) is 9.13. The van der Waals surface area contributed by atoms with Crippen molar-refractivity contribution in [2.24, 2.45) is 0 Å². The smallest absolute Gasteiger partial charge is 0.344 e. The second kappa shape index (κ2) is 12.0. The van der Waals surface area contributed by atoms with Gasteiger partial charge in [0, 0.05) is 18.2 Å². The van der Waals surface area contributed by atoms with Crippen molar-refractivity contribution in [2.75, 3.05) is 31.6 Å². The van der Waals surface area contributed by atoms with Crippen LogP contribution in [0.3, 0.4) is 0 Å². The molecule has 12 heteroatoms. The topological polar surface area (TPSA) is 124 Å². The number of carboxylic acid groups (broad SMARTS) is 1. The number of amides is 2. The maximum Gasteiger partial charge on any atom is 0.344 e. The highest BCUT2D eigenvalue weighted by Crippen LogP contribution is 2.31. The summed E-state index contributed by atoms with van der Waals surface area (Å²) in [5.41, 5.74) is -0.305. The van der Waals surface area contributed by atoms with Crippen molar-refractivity contribution < 1.29 is 33.3 Å². The van der Waals surface area contributed by atoms with E-state index in [1.165, 1.54) is 6.92 Å². The van der Waals surface area contributed by atoms with Crippen LogP contribution in [-0.4, -0.2) is 63.8 Å². The average molecular weight is 499 g/mol. The summed E-state index contributed by atoms with van der Waals surface area (Å²) in [5.74, 6) is -2.96. The van der Waals surface area contributed by atoms with Gasteiger partial charge in [0.1, 0.15) is 23.2 Å². The third-order valence-electron chi connectivity index (χ3n) is 5.66. The lowest BCUT2D eigenvalue weighted by atomic mass is 10.1. The number of nitrogens with zero attached hydrogens (tertiary/aromatic N) is 2. The number of aliphatic hydroxyl groups is 1. The number of aromatic nitrogens is 1. The van der Waals surface area contributed by atoms with Crippen LogP contribution in [0.25, 0.3) is 0 Å². The highest BCUT2D eigenvalue weighted by molar-refractivity contribution is 7.11. The standard InChI is InChI=1S/C22H28F2N4O5S/c1-13-9-17(24)14(10-16(13)23)12-33-19-18(21(30)31)20(34-27-19)26-22(32)25-6-2-3-7-28-8-4-5-15(28)11-29/h9-10,15,29H,2-8,11-12H2,1H3,(H,30,31)(H2,25,26,32). The zero-order valence-electron chi connectivity index (χ0n) is 18.8. The second-order valence-corrected chi connectivity index (χ2v) is 8.85. The number of benzene rings is 1. The Morgan fingerprint density at radius 2 is 2.09 bits per heavy atom. The van der Waals surface area contributed by atoms with Crippen LogP contribution in [0.15, 0.2) is 12.1 Å². The number of carboxylic acids is 1. The summed E-state index contributed by atoms with van der Waals surface area (Å²) >= 11 is 0.715. The number of unbranched alkanes of at least 4 members (excludes halogenated alkanes) is 1. The molecule has 0 saturated carbocycles. The number of carbonyl (C=O) groups is 2. The third-order valence-corrected chi connectivity index (χ3v) is 6.41. The first-order valence-corrected chi connectivity index (χ1v) is 11.8. The molecule has 2 amide bonds. The van der Waals surface area contributed by atoms with Crippen LogP contribution in [0.5, 0.6) is 5.88 Å². The van der Waals surface area contributed by atoms with E-state index in [1.807, 2.05) is 0 Å². The van der Waals surface area contributed by atoms with E-state index in [0.717, 1.165) is 50.9 Å². The summed E-state index contributed by atoms with van der Waals surface area (Å²) in [5, 5.41) is 24.0. The van der Waals surface area contributed by atoms with Gasteiger partial charge in [0.15, 0.2) is 5.56 Å². The van der Waals surface area contributed by atoms with Gasteiger partial charge in [-0.15, -0.1) is 0 Å². The van der Waals surface area contributed by atoms with E-state index in [4.69, 9.17) is 4.74 Å². The predicted molar refractivity (Wildman–Crippen MR) is 122 cm³/mol. The third kappa shape index (κ3) is 6.61.